The van der Waals surface area contributed by atoms with Crippen molar-refractivity contribution in [3.63, 3.8) is 0 Å². The number of carboxylic acid groups (broad SMARTS) is 1. The highest BCUT2D eigenvalue weighted by Crippen LogP contribution is 2.35. The molecule has 1 saturated heterocycles. The minimum absolute atomic E-state index is 0.0534. The minimum atomic E-state index is -0.958. The topological polar surface area (TPSA) is 126 Å². The first-order chi connectivity index (χ1) is 15.9. The van der Waals surface area contributed by atoms with Crippen molar-refractivity contribution in [1.29, 1.82) is 0 Å². The molecule has 3 aromatic heterocycles. The monoisotopic (exact) mass is 471 g/mol. The van der Waals surface area contributed by atoms with Crippen LogP contribution in [0.15, 0.2) is 43.5 Å². The summed E-state index contributed by atoms with van der Waals surface area (Å²) < 4.78 is 6.79. The van der Waals surface area contributed by atoms with Crippen molar-refractivity contribution in [2.75, 3.05) is 36.5 Å². The number of rotatable bonds is 5. The molecule has 1 atom stereocenters. The Balaban J connectivity index is 1.82. The van der Waals surface area contributed by atoms with Crippen molar-refractivity contribution in [2.24, 2.45) is 0 Å². The summed E-state index contributed by atoms with van der Waals surface area (Å²) in [6, 6.07) is 3.19. The lowest BCUT2D eigenvalue weighted by molar-refractivity contribution is 0.136. The van der Waals surface area contributed by atoms with E-state index in [1.54, 1.807) is 29.1 Å². The van der Waals surface area contributed by atoms with E-state index in [1.165, 1.54) is 17.3 Å². The van der Waals surface area contributed by atoms with Gasteiger partial charge in [-0.3, -0.25) is 9.88 Å². The zero-order chi connectivity index (χ0) is 23.5. The summed E-state index contributed by atoms with van der Waals surface area (Å²) >= 11 is 6.16. The van der Waals surface area contributed by atoms with Gasteiger partial charge in [0.2, 0.25) is 0 Å². The van der Waals surface area contributed by atoms with Gasteiger partial charge in [0, 0.05) is 49.2 Å². The Kier molecular flexibility index (Phi) is 6.31. The molecule has 3 aromatic rings. The van der Waals surface area contributed by atoms with Gasteiger partial charge in [-0.05, 0) is 13.0 Å². The largest absolute Gasteiger partial charge is 0.465 e. The van der Waals surface area contributed by atoms with E-state index in [4.69, 9.17) is 16.3 Å². The van der Waals surface area contributed by atoms with E-state index in [0.717, 1.165) is 0 Å². The highest BCUT2D eigenvalue weighted by Gasteiger charge is 2.30. The SMILES string of the molecule is C=CCOC(=O)Nc1cn(-c2cc(Cl)ccn2)c2ncnc(N3CCN(C(=O)O)C[C@@H]3C)c12. The summed E-state index contributed by atoms with van der Waals surface area (Å²) in [5.41, 5.74) is 0.922. The Labute approximate surface area is 194 Å². The second kappa shape index (κ2) is 9.33. The van der Waals surface area contributed by atoms with Crippen LogP contribution in [-0.4, -0.2) is 74.0 Å². The van der Waals surface area contributed by atoms with Gasteiger partial charge in [-0.15, -0.1) is 0 Å². The van der Waals surface area contributed by atoms with Crippen molar-refractivity contribution < 1.29 is 19.4 Å². The van der Waals surface area contributed by atoms with Crippen LogP contribution in [0.3, 0.4) is 0 Å². The second-order valence-electron chi connectivity index (χ2n) is 7.42. The van der Waals surface area contributed by atoms with Crippen LogP contribution >= 0.6 is 11.6 Å². The van der Waals surface area contributed by atoms with E-state index in [1.807, 2.05) is 11.8 Å². The van der Waals surface area contributed by atoms with Crippen LogP contribution in [0.5, 0.6) is 0 Å². The number of amides is 2. The van der Waals surface area contributed by atoms with E-state index in [9.17, 15) is 14.7 Å². The summed E-state index contributed by atoms with van der Waals surface area (Å²) in [6.07, 6.45) is 4.52. The molecule has 1 fully saturated rings. The highest BCUT2D eigenvalue weighted by molar-refractivity contribution is 6.30. The average molecular weight is 472 g/mol. The molecule has 0 aromatic carbocycles. The van der Waals surface area contributed by atoms with Gasteiger partial charge in [0.15, 0.2) is 5.65 Å². The van der Waals surface area contributed by atoms with Crippen LogP contribution < -0.4 is 10.2 Å². The minimum Gasteiger partial charge on any atom is -0.465 e. The van der Waals surface area contributed by atoms with E-state index in [2.05, 4.69) is 26.8 Å². The van der Waals surface area contributed by atoms with Crippen molar-refractivity contribution in [3.05, 3.63) is 48.5 Å². The molecule has 172 valence electrons. The number of hydrogen-bond donors (Lipinski definition) is 2. The first kappa shape index (κ1) is 22.3. The van der Waals surface area contributed by atoms with E-state index in [-0.39, 0.29) is 12.6 Å². The molecule has 0 aliphatic carbocycles. The van der Waals surface area contributed by atoms with Crippen molar-refractivity contribution >= 4 is 46.3 Å². The number of nitrogens with zero attached hydrogens (tertiary/aromatic N) is 6. The highest BCUT2D eigenvalue weighted by atomic mass is 35.5. The van der Waals surface area contributed by atoms with Gasteiger partial charge in [-0.2, -0.15) is 0 Å². The fourth-order valence-electron chi connectivity index (χ4n) is 3.78. The van der Waals surface area contributed by atoms with Crippen LogP contribution in [0.2, 0.25) is 5.02 Å². The number of nitrogens with one attached hydrogen (secondary N) is 1. The van der Waals surface area contributed by atoms with Gasteiger partial charge in [-0.1, -0.05) is 24.3 Å². The quantitative estimate of drug-likeness (QED) is 0.542. The van der Waals surface area contributed by atoms with Crippen molar-refractivity contribution in [2.45, 2.75) is 13.0 Å². The molecule has 2 N–H and O–H groups in total. The molecule has 11 nitrogen and oxygen atoms in total. The number of hydrogen-bond acceptors (Lipinski definition) is 7. The molecule has 2 amide bonds. The van der Waals surface area contributed by atoms with Crippen molar-refractivity contribution in [3.8, 4) is 5.82 Å². The molecule has 0 unspecified atom stereocenters. The standard InChI is InChI=1S/C21H22ClN7O4/c1-3-8-33-20(30)26-15-11-29(16-9-14(22)4-5-23-16)19-17(15)18(24-12-25-19)28-7-6-27(21(31)32)10-13(28)2/h3-5,9,11-13H,1,6-8,10H2,2H3,(H,26,30)(H,31,32)/t13-/m0/s1. The van der Waals surface area contributed by atoms with Gasteiger partial charge < -0.3 is 19.6 Å². The molecular weight excluding hydrogens is 450 g/mol. The maximum atomic E-state index is 12.3. The van der Waals surface area contributed by atoms with E-state index < -0.39 is 12.2 Å². The third kappa shape index (κ3) is 4.53. The predicted octanol–water partition coefficient (Wildman–Crippen LogP) is 3.39. The summed E-state index contributed by atoms with van der Waals surface area (Å²) in [6.45, 7) is 6.59. The first-order valence-corrected chi connectivity index (χ1v) is 10.5. The lowest BCUT2D eigenvalue weighted by Crippen LogP contribution is -2.53. The summed E-state index contributed by atoms with van der Waals surface area (Å²) in [4.78, 5) is 40.4. The zero-order valence-electron chi connectivity index (χ0n) is 17.8. The summed E-state index contributed by atoms with van der Waals surface area (Å²) in [5, 5.41) is 13.2. The van der Waals surface area contributed by atoms with E-state index in [0.29, 0.717) is 53.0 Å². The lowest BCUT2D eigenvalue weighted by atomic mass is 10.1. The molecule has 1 aliphatic heterocycles. The van der Waals surface area contributed by atoms with Gasteiger partial charge in [0.25, 0.3) is 0 Å². The van der Waals surface area contributed by atoms with Gasteiger partial charge in [0.05, 0.1) is 11.1 Å². The molecule has 0 bridgehead atoms. The molecule has 0 radical (unpaired) electrons. The number of carbonyl (C=O) groups is 2. The number of ether oxygens (including phenoxy) is 1. The number of halogens is 1. The Morgan fingerprint density at radius 3 is 2.88 bits per heavy atom. The van der Waals surface area contributed by atoms with Crippen LogP contribution in [0.1, 0.15) is 6.92 Å². The number of aromatic nitrogens is 4. The fourth-order valence-corrected chi connectivity index (χ4v) is 3.94. The molecule has 1 aliphatic rings. The Bertz CT molecular complexity index is 1210. The molecule has 4 rings (SSSR count). The van der Waals surface area contributed by atoms with Crippen LogP contribution in [0.4, 0.5) is 21.1 Å². The van der Waals surface area contributed by atoms with Crippen LogP contribution in [-0.2, 0) is 4.74 Å². The van der Waals surface area contributed by atoms with Gasteiger partial charge in [0.1, 0.15) is 24.6 Å². The van der Waals surface area contributed by atoms with E-state index >= 15 is 0 Å². The molecule has 4 heterocycles. The maximum Gasteiger partial charge on any atom is 0.412 e. The Morgan fingerprint density at radius 2 is 2.18 bits per heavy atom. The molecule has 0 spiro atoms. The third-order valence-corrected chi connectivity index (χ3v) is 5.49. The summed E-state index contributed by atoms with van der Waals surface area (Å²) in [7, 11) is 0. The Morgan fingerprint density at radius 1 is 1.36 bits per heavy atom. The zero-order valence-corrected chi connectivity index (χ0v) is 18.6. The van der Waals surface area contributed by atoms with Crippen LogP contribution in [0.25, 0.3) is 16.9 Å². The number of pyridine rings is 1. The van der Waals surface area contributed by atoms with Crippen LogP contribution in [0, 0.1) is 0 Å². The maximum absolute atomic E-state index is 12.3. The van der Waals surface area contributed by atoms with Gasteiger partial charge >= 0.3 is 12.2 Å². The second-order valence-corrected chi connectivity index (χ2v) is 7.86. The lowest BCUT2D eigenvalue weighted by Gasteiger charge is -2.39. The smallest absolute Gasteiger partial charge is 0.412 e. The normalized spacial score (nSPS) is 16.0. The third-order valence-electron chi connectivity index (χ3n) is 5.26. The molecular formula is C21H22ClN7O4. The molecule has 12 heteroatoms. The molecule has 0 saturated carbocycles. The Hall–Kier alpha value is -3.86. The summed E-state index contributed by atoms with van der Waals surface area (Å²) in [5.74, 6) is 1.07. The average Bonchev–Trinajstić information content (AvgIpc) is 3.16. The first-order valence-electron chi connectivity index (χ1n) is 10.2. The molecule has 33 heavy (non-hydrogen) atoms. The van der Waals surface area contributed by atoms with Gasteiger partial charge in [-0.25, -0.2) is 24.5 Å². The predicted molar refractivity (Wildman–Crippen MR) is 123 cm³/mol. The number of fused-ring (bicyclic) bond motifs is 1. The van der Waals surface area contributed by atoms with Crippen molar-refractivity contribution in [1.82, 2.24) is 24.4 Å². The number of piperazine rings is 1. The fraction of sp³-hybridized carbons (Fsp3) is 0.286. The number of carbonyl (C=O) groups excluding carboxylic acids is 1. The number of anilines is 2.